The lowest BCUT2D eigenvalue weighted by molar-refractivity contribution is -0.123. The maximum Gasteiger partial charge on any atom is 0.230 e. The molecule has 1 amide bonds. The number of anilines is 1. The van der Waals surface area contributed by atoms with Crippen LogP contribution in [0.1, 0.15) is 26.3 Å². The summed E-state index contributed by atoms with van der Waals surface area (Å²) in [7, 11) is 0. The van der Waals surface area contributed by atoms with Crippen LogP contribution in [-0.2, 0) is 4.79 Å². The molecule has 3 aromatic rings. The third-order valence-corrected chi connectivity index (χ3v) is 4.09. The molecular weight excluding hydrogens is 296 g/mol. The molecule has 1 N–H and O–H groups in total. The molecule has 0 atom stereocenters. The van der Waals surface area contributed by atoms with Crippen LogP contribution in [-0.4, -0.2) is 10.9 Å². The fourth-order valence-corrected chi connectivity index (χ4v) is 2.63. The minimum atomic E-state index is -0.450. The van der Waals surface area contributed by atoms with Crippen LogP contribution in [0.15, 0.2) is 54.6 Å². The van der Waals surface area contributed by atoms with Crippen LogP contribution in [0.3, 0.4) is 0 Å². The number of aryl methyl sites for hydroxylation is 1. The Labute approximate surface area is 142 Å². The molecule has 0 bridgehead atoms. The third-order valence-electron chi connectivity index (χ3n) is 4.09. The second-order valence-corrected chi connectivity index (χ2v) is 7.09. The number of benzene rings is 2. The number of aromatic nitrogens is 1. The normalized spacial score (nSPS) is 11.5. The van der Waals surface area contributed by atoms with E-state index in [2.05, 4.69) is 41.5 Å². The molecule has 0 saturated heterocycles. The van der Waals surface area contributed by atoms with Gasteiger partial charge in [-0.1, -0.05) is 63.2 Å². The van der Waals surface area contributed by atoms with Crippen LogP contribution in [0, 0.1) is 12.3 Å². The van der Waals surface area contributed by atoms with Crippen molar-refractivity contribution in [2.75, 3.05) is 5.32 Å². The van der Waals surface area contributed by atoms with Crippen molar-refractivity contribution in [1.82, 2.24) is 4.98 Å². The zero-order chi connectivity index (χ0) is 17.3. The summed E-state index contributed by atoms with van der Waals surface area (Å²) in [5.74, 6) is 0.540. The number of hydrogen-bond acceptors (Lipinski definition) is 2. The first-order valence-corrected chi connectivity index (χ1v) is 8.13. The van der Waals surface area contributed by atoms with Crippen molar-refractivity contribution in [1.29, 1.82) is 0 Å². The topological polar surface area (TPSA) is 42.0 Å². The number of pyridine rings is 1. The van der Waals surface area contributed by atoms with Gasteiger partial charge in [-0.05, 0) is 35.4 Å². The Morgan fingerprint density at radius 3 is 2.33 bits per heavy atom. The highest BCUT2D eigenvalue weighted by Gasteiger charge is 2.21. The van der Waals surface area contributed by atoms with Crippen molar-refractivity contribution in [3.8, 4) is 11.3 Å². The van der Waals surface area contributed by atoms with E-state index in [1.54, 1.807) is 0 Å². The predicted octanol–water partition coefficient (Wildman–Crippen LogP) is 5.19. The molecule has 0 saturated carbocycles. The predicted molar refractivity (Wildman–Crippen MR) is 100 cm³/mol. The smallest absolute Gasteiger partial charge is 0.230 e. The molecule has 3 rings (SSSR count). The summed E-state index contributed by atoms with van der Waals surface area (Å²) in [6.07, 6.45) is 0. The highest BCUT2D eigenvalue weighted by molar-refractivity contribution is 5.98. The molecule has 1 aromatic heterocycles. The quantitative estimate of drug-likeness (QED) is 0.706. The zero-order valence-electron chi connectivity index (χ0n) is 14.6. The van der Waals surface area contributed by atoms with Crippen molar-refractivity contribution < 1.29 is 4.79 Å². The van der Waals surface area contributed by atoms with Crippen molar-refractivity contribution in [2.24, 2.45) is 5.41 Å². The van der Waals surface area contributed by atoms with Crippen LogP contribution in [0.4, 0.5) is 5.82 Å². The largest absolute Gasteiger partial charge is 0.310 e. The average Bonchev–Trinajstić information content (AvgIpc) is 2.55. The highest BCUT2D eigenvalue weighted by Crippen LogP contribution is 2.30. The van der Waals surface area contributed by atoms with Crippen LogP contribution < -0.4 is 5.32 Å². The minimum absolute atomic E-state index is 0.0408. The van der Waals surface area contributed by atoms with E-state index in [9.17, 15) is 4.79 Å². The number of hydrogen-bond donors (Lipinski definition) is 1. The molecule has 1 heterocycles. The van der Waals surface area contributed by atoms with E-state index in [0.29, 0.717) is 5.82 Å². The van der Waals surface area contributed by atoms with Crippen LogP contribution >= 0.6 is 0 Å². The third kappa shape index (κ3) is 3.16. The SMILES string of the molecule is Cc1ccc(-c2cccc(NC(=O)C(C)(C)C)n2)c2ccccc12. The Morgan fingerprint density at radius 1 is 0.917 bits per heavy atom. The molecule has 0 unspecified atom stereocenters. The molecule has 3 nitrogen and oxygen atoms in total. The molecule has 0 spiro atoms. The Hall–Kier alpha value is -2.68. The van der Waals surface area contributed by atoms with Crippen molar-refractivity contribution in [3.63, 3.8) is 0 Å². The Balaban J connectivity index is 2.04. The van der Waals surface area contributed by atoms with Gasteiger partial charge >= 0.3 is 0 Å². The number of amides is 1. The molecule has 0 aliphatic heterocycles. The molecule has 0 fully saturated rings. The van der Waals surface area contributed by atoms with Gasteiger partial charge in [0.05, 0.1) is 5.69 Å². The van der Waals surface area contributed by atoms with E-state index in [-0.39, 0.29) is 5.91 Å². The van der Waals surface area contributed by atoms with Gasteiger partial charge in [-0.3, -0.25) is 4.79 Å². The Bertz CT molecular complexity index is 907. The second kappa shape index (κ2) is 6.08. The molecule has 3 heteroatoms. The van der Waals surface area contributed by atoms with E-state index < -0.39 is 5.41 Å². The van der Waals surface area contributed by atoms with Crippen LogP contribution in [0.2, 0.25) is 0 Å². The molecule has 0 radical (unpaired) electrons. The summed E-state index contributed by atoms with van der Waals surface area (Å²) >= 11 is 0. The van der Waals surface area contributed by atoms with Gasteiger partial charge in [-0.2, -0.15) is 0 Å². The highest BCUT2D eigenvalue weighted by atomic mass is 16.2. The first kappa shape index (κ1) is 16.2. The molecule has 0 aliphatic rings. The molecular formula is C21H22N2O. The second-order valence-electron chi connectivity index (χ2n) is 7.09. The Kier molecular flexibility index (Phi) is 4.10. The van der Waals surface area contributed by atoms with Gasteiger partial charge in [0.1, 0.15) is 5.82 Å². The zero-order valence-corrected chi connectivity index (χ0v) is 14.6. The lowest BCUT2D eigenvalue weighted by Crippen LogP contribution is -2.28. The fourth-order valence-electron chi connectivity index (χ4n) is 2.63. The summed E-state index contributed by atoms with van der Waals surface area (Å²) in [5.41, 5.74) is 2.72. The Morgan fingerprint density at radius 2 is 1.62 bits per heavy atom. The summed E-state index contributed by atoms with van der Waals surface area (Å²) in [5, 5.41) is 5.30. The number of carbonyl (C=O) groups excluding carboxylic acids is 1. The van der Waals surface area contributed by atoms with Crippen molar-refractivity contribution >= 4 is 22.5 Å². The minimum Gasteiger partial charge on any atom is -0.310 e. The van der Waals surface area contributed by atoms with Gasteiger partial charge in [0.15, 0.2) is 0 Å². The fraction of sp³-hybridized carbons (Fsp3) is 0.238. The summed E-state index contributed by atoms with van der Waals surface area (Å²) in [4.78, 5) is 16.8. The number of nitrogens with zero attached hydrogens (tertiary/aromatic N) is 1. The maximum absolute atomic E-state index is 12.2. The van der Waals surface area contributed by atoms with Crippen molar-refractivity contribution in [2.45, 2.75) is 27.7 Å². The van der Waals surface area contributed by atoms with Crippen LogP contribution in [0.25, 0.3) is 22.0 Å². The molecule has 122 valence electrons. The number of nitrogens with one attached hydrogen (secondary N) is 1. The average molecular weight is 318 g/mol. The van der Waals surface area contributed by atoms with Gasteiger partial charge in [-0.15, -0.1) is 0 Å². The number of rotatable bonds is 2. The summed E-state index contributed by atoms with van der Waals surface area (Å²) < 4.78 is 0. The van der Waals surface area contributed by atoms with Gasteiger partial charge in [0, 0.05) is 11.0 Å². The van der Waals surface area contributed by atoms with Crippen LogP contribution in [0.5, 0.6) is 0 Å². The number of fused-ring (bicyclic) bond motifs is 1. The summed E-state index contributed by atoms with van der Waals surface area (Å²) in [6, 6.07) is 18.2. The van der Waals surface area contributed by atoms with E-state index in [1.807, 2.05) is 51.1 Å². The van der Waals surface area contributed by atoms with E-state index >= 15 is 0 Å². The standard InChI is InChI=1S/C21H22N2O/c1-14-12-13-17(16-9-6-5-8-15(14)16)18-10-7-11-19(22-18)23-20(24)21(2,3)4/h5-13H,1-4H3,(H,22,23,24). The lowest BCUT2D eigenvalue weighted by Gasteiger charge is -2.17. The first-order valence-electron chi connectivity index (χ1n) is 8.13. The van der Waals surface area contributed by atoms with Gasteiger partial charge in [0.2, 0.25) is 5.91 Å². The lowest BCUT2D eigenvalue weighted by atomic mass is 9.96. The molecule has 24 heavy (non-hydrogen) atoms. The number of carbonyl (C=O) groups is 1. The monoisotopic (exact) mass is 318 g/mol. The first-order chi connectivity index (χ1) is 11.4. The van der Waals surface area contributed by atoms with E-state index in [0.717, 1.165) is 11.3 Å². The van der Waals surface area contributed by atoms with E-state index in [1.165, 1.54) is 16.3 Å². The van der Waals surface area contributed by atoms with Gasteiger partial charge in [0.25, 0.3) is 0 Å². The maximum atomic E-state index is 12.2. The molecule has 2 aromatic carbocycles. The van der Waals surface area contributed by atoms with Crippen molar-refractivity contribution in [3.05, 3.63) is 60.2 Å². The molecule has 0 aliphatic carbocycles. The summed E-state index contributed by atoms with van der Waals surface area (Å²) in [6.45, 7) is 7.78. The van der Waals surface area contributed by atoms with Gasteiger partial charge in [-0.25, -0.2) is 4.98 Å². The van der Waals surface area contributed by atoms with Gasteiger partial charge < -0.3 is 5.32 Å². The van der Waals surface area contributed by atoms with E-state index in [4.69, 9.17) is 0 Å².